The van der Waals surface area contributed by atoms with E-state index in [9.17, 15) is 4.79 Å². The van der Waals surface area contributed by atoms with Gasteiger partial charge in [0.1, 0.15) is 0 Å². The molecule has 1 fully saturated rings. The van der Waals surface area contributed by atoms with E-state index in [0.29, 0.717) is 12.5 Å². The minimum absolute atomic E-state index is 0.189. The van der Waals surface area contributed by atoms with Crippen molar-refractivity contribution in [3.05, 3.63) is 0 Å². The molecule has 1 amide bonds. The number of likely N-dealkylation sites (N-methyl/N-ethyl adjacent to an activating group) is 1. The Bertz CT molecular complexity index is 208. The molecule has 0 spiro atoms. The lowest BCUT2D eigenvalue weighted by molar-refractivity contribution is -0.130. The summed E-state index contributed by atoms with van der Waals surface area (Å²) in [7, 11) is 3.61. The van der Waals surface area contributed by atoms with E-state index in [2.05, 4.69) is 11.8 Å². The van der Waals surface area contributed by atoms with Gasteiger partial charge in [-0.3, -0.25) is 9.69 Å². The first-order valence-corrected chi connectivity index (χ1v) is 5.68. The predicted octanol–water partition coefficient (Wildman–Crippen LogP) is 0.134. The fraction of sp³-hybridized carbons (Fsp3) is 0.909. The van der Waals surface area contributed by atoms with Crippen LogP contribution in [0.3, 0.4) is 0 Å². The van der Waals surface area contributed by atoms with Crippen molar-refractivity contribution in [1.82, 2.24) is 9.80 Å². The Kier molecular flexibility index (Phi) is 4.54. The first-order valence-electron chi connectivity index (χ1n) is 5.68. The second kappa shape index (κ2) is 5.47. The third kappa shape index (κ3) is 3.80. The van der Waals surface area contributed by atoms with E-state index in [1.807, 2.05) is 0 Å². The molecule has 0 aromatic carbocycles. The van der Waals surface area contributed by atoms with Crippen molar-refractivity contribution in [2.24, 2.45) is 11.7 Å². The molecule has 1 aliphatic rings. The first-order chi connectivity index (χ1) is 7.00. The molecule has 2 N–H and O–H groups in total. The number of carbonyl (C=O) groups excluding carboxylic acids is 1. The predicted molar refractivity (Wildman–Crippen MR) is 61.5 cm³/mol. The summed E-state index contributed by atoms with van der Waals surface area (Å²) in [5, 5.41) is 0. The fourth-order valence-corrected chi connectivity index (χ4v) is 1.97. The van der Waals surface area contributed by atoms with Crippen LogP contribution in [0, 0.1) is 5.92 Å². The molecule has 1 rings (SSSR count). The van der Waals surface area contributed by atoms with Crippen molar-refractivity contribution >= 4 is 5.91 Å². The summed E-state index contributed by atoms with van der Waals surface area (Å²) in [6.45, 7) is 4.64. The van der Waals surface area contributed by atoms with Crippen LogP contribution < -0.4 is 5.73 Å². The monoisotopic (exact) mass is 213 g/mol. The van der Waals surface area contributed by atoms with Crippen molar-refractivity contribution < 1.29 is 4.79 Å². The number of amides is 1. The Labute approximate surface area is 92.4 Å². The highest BCUT2D eigenvalue weighted by Gasteiger charge is 2.23. The number of nitrogens with two attached hydrogens (primary N) is 1. The van der Waals surface area contributed by atoms with Crippen molar-refractivity contribution in [3.63, 3.8) is 0 Å². The quantitative estimate of drug-likeness (QED) is 0.725. The standard InChI is InChI=1S/C11H23N3O/c1-9(12)10-4-6-14(7-5-10)8-11(15)13(2)3/h9-10H,4-8,12H2,1-3H3. The fourth-order valence-electron chi connectivity index (χ4n) is 1.97. The minimum atomic E-state index is 0.189. The number of hydrogen-bond donors (Lipinski definition) is 1. The zero-order valence-corrected chi connectivity index (χ0v) is 10.1. The van der Waals surface area contributed by atoms with Gasteiger partial charge in [0, 0.05) is 20.1 Å². The van der Waals surface area contributed by atoms with Crippen LogP contribution in [0.1, 0.15) is 19.8 Å². The maximum atomic E-state index is 11.5. The highest BCUT2D eigenvalue weighted by Crippen LogP contribution is 2.19. The van der Waals surface area contributed by atoms with Gasteiger partial charge < -0.3 is 10.6 Å². The molecule has 1 unspecified atom stereocenters. The zero-order chi connectivity index (χ0) is 11.4. The van der Waals surface area contributed by atoms with E-state index in [1.54, 1.807) is 19.0 Å². The number of hydrogen-bond acceptors (Lipinski definition) is 3. The average Bonchev–Trinajstić information content (AvgIpc) is 2.18. The molecule has 0 bridgehead atoms. The molecule has 15 heavy (non-hydrogen) atoms. The summed E-state index contributed by atoms with van der Waals surface area (Å²) < 4.78 is 0. The summed E-state index contributed by atoms with van der Waals surface area (Å²) in [6.07, 6.45) is 2.25. The normalized spacial score (nSPS) is 21.3. The van der Waals surface area contributed by atoms with Crippen LogP contribution in [0.15, 0.2) is 0 Å². The highest BCUT2D eigenvalue weighted by molar-refractivity contribution is 5.77. The van der Waals surface area contributed by atoms with Crippen LogP contribution in [0.2, 0.25) is 0 Å². The number of carbonyl (C=O) groups is 1. The molecule has 4 nitrogen and oxygen atoms in total. The number of piperidine rings is 1. The third-order valence-electron chi connectivity index (χ3n) is 3.23. The molecule has 1 heterocycles. The minimum Gasteiger partial charge on any atom is -0.348 e. The van der Waals surface area contributed by atoms with Gasteiger partial charge in [-0.05, 0) is 38.8 Å². The molecular formula is C11H23N3O. The average molecular weight is 213 g/mol. The van der Waals surface area contributed by atoms with Crippen LogP contribution in [-0.4, -0.2) is 55.5 Å². The van der Waals surface area contributed by atoms with Gasteiger partial charge in [-0.15, -0.1) is 0 Å². The Morgan fingerprint density at radius 3 is 2.40 bits per heavy atom. The second-order valence-electron chi connectivity index (χ2n) is 4.76. The van der Waals surface area contributed by atoms with Gasteiger partial charge in [0.05, 0.1) is 6.54 Å². The number of likely N-dealkylation sites (tertiary alicyclic amines) is 1. The molecule has 0 aliphatic carbocycles. The van der Waals surface area contributed by atoms with Crippen molar-refractivity contribution in [2.75, 3.05) is 33.7 Å². The van der Waals surface area contributed by atoms with Crippen LogP contribution >= 0.6 is 0 Å². The Morgan fingerprint density at radius 1 is 1.47 bits per heavy atom. The van der Waals surface area contributed by atoms with Gasteiger partial charge in [0.2, 0.25) is 5.91 Å². The van der Waals surface area contributed by atoms with Crippen LogP contribution in [-0.2, 0) is 4.79 Å². The molecule has 1 saturated heterocycles. The summed E-state index contributed by atoms with van der Waals surface area (Å²) >= 11 is 0. The summed E-state index contributed by atoms with van der Waals surface area (Å²) in [5.41, 5.74) is 5.87. The topological polar surface area (TPSA) is 49.6 Å². The van der Waals surface area contributed by atoms with E-state index < -0.39 is 0 Å². The van der Waals surface area contributed by atoms with Gasteiger partial charge in [-0.1, -0.05) is 0 Å². The lowest BCUT2D eigenvalue weighted by Gasteiger charge is -2.33. The van der Waals surface area contributed by atoms with Crippen molar-refractivity contribution in [3.8, 4) is 0 Å². The van der Waals surface area contributed by atoms with E-state index in [1.165, 1.54) is 0 Å². The number of nitrogens with zero attached hydrogens (tertiary/aromatic N) is 2. The Morgan fingerprint density at radius 2 is 2.00 bits per heavy atom. The van der Waals surface area contributed by atoms with Crippen LogP contribution in [0.5, 0.6) is 0 Å². The third-order valence-corrected chi connectivity index (χ3v) is 3.23. The van der Waals surface area contributed by atoms with Gasteiger partial charge in [-0.2, -0.15) is 0 Å². The van der Waals surface area contributed by atoms with E-state index in [0.717, 1.165) is 25.9 Å². The summed E-state index contributed by atoms with van der Waals surface area (Å²) in [4.78, 5) is 15.4. The van der Waals surface area contributed by atoms with Crippen molar-refractivity contribution in [2.45, 2.75) is 25.8 Å². The molecule has 1 atom stereocenters. The summed E-state index contributed by atoms with van der Waals surface area (Å²) in [5.74, 6) is 0.824. The smallest absolute Gasteiger partial charge is 0.236 e. The largest absolute Gasteiger partial charge is 0.348 e. The van der Waals surface area contributed by atoms with E-state index in [4.69, 9.17) is 5.73 Å². The molecule has 0 aromatic heterocycles. The molecular weight excluding hydrogens is 190 g/mol. The molecule has 0 saturated carbocycles. The van der Waals surface area contributed by atoms with Crippen LogP contribution in [0.25, 0.3) is 0 Å². The van der Waals surface area contributed by atoms with Crippen molar-refractivity contribution in [1.29, 1.82) is 0 Å². The molecule has 1 aliphatic heterocycles. The zero-order valence-electron chi connectivity index (χ0n) is 10.1. The summed E-state index contributed by atoms with van der Waals surface area (Å²) in [6, 6.07) is 0.289. The van der Waals surface area contributed by atoms with Gasteiger partial charge in [-0.25, -0.2) is 0 Å². The Hall–Kier alpha value is -0.610. The van der Waals surface area contributed by atoms with E-state index in [-0.39, 0.29) is 11.9 Å². The highest BCUT2D eigenvalue weighted by atomic mass is 16.2. The van der Waals surface area contributed by atoms with Gasteiger partial charge >= 0.3 is 0 Å². The van der Waals surface area contributed by atoms with E-state index >= 15 is 0 Å². The first kappa shape index (κ1) is 12.5. The maximum Gasteiger partial charge on any atom is 0.236 e. The van der Waals surface area contributed by atoms with Gasteiger partial charge in [0.15, 0.2) is 0 Å². The second-order valence-corrected chi connectivity index (χ2v) is 4.76. The molecule has 0 radical (unpaired) electrons. The molecule has 0 aromatic rings. The SMILES string of the molecule is CC(N)C1CCN(CC(=O)N(C)C)CC1. The van der Waals surface area contributed by atoms with Crippen LogP contribution in [0.4, 0.5) is 0 Å². The number of rotatable bonds is 3. The van der Waals surface area contributed by atoms with Gasteiger partial charge in [0.25, 0.3) is 0 Å². The molecule has 4 heteroatoms. The lowest BCUT2D eigenvalue weighted by Crippen LogP contribution is -2.43. The molecule has 88 valence electrons. The maximum absolute atomic E-state index is 11.5. The Balaban J connectivity index is 2.29. The lowest BCUT2D eigenvalue weighted by atomic mass is 9.91.